The van der Waals surface area contributed by atoms with E-state index < -0.39 is 11.9 Å². The molecule has 0 bridgehead atoms. The molecule has 12 heteroatoms. The van der Waals surface area contributed by atoms with E-state index in [4.69, 9.17) is 30.0 Å². The summed E-state index contributed by atoms with van der Waals surface area (Å²) in [4.78, 5) is 31.7. The summed E-state index contributed by atoms with van der Waals surface area (Å²) in [6.45, 7) is -0.599. The van der Waals surface area contributed by atoms with Crippen molar-refractivity contribution in [3.63, 3.8) is 0 Å². The minimum Gasteiger partial charge on any atom is -0.451 e. The van der Waals surface area contributed by atoms with Crippen molar-refractivity contribution in [3.05, 3.63) is 60.2 Å². The van der Waals surface area contributed by atoms with Crippen molar-refractivity contribution in [1.82, 2.24) is 20.3 Å². The molecule has 0 aliphatic rings. The molecular weight excluding hydrogens is 420 g/mol. The Morgan fingerprint density at radius 1 is 0.781 bits per heavy atom. The molecule has 4 aromatic heterocycles. The predicted octanol–water partition coefficient (Wildman–Crippen LogP) is 1.74. The van der Waals surface area contributed by atoms with E-state index in [0.29, 0.717) is 22.6 Å². The SMILES string of the molecule is Nc1ncccc1-c1cc(COC(=O)C(=O)OCc2cc(-c3cccnc3N)on2)no1. The van der Waals surface area contributed by atoms with Gasteiger partial charge in [-0.05, 0) is 24.3 Å². The van der Waals surface area contributed by atoms with Crippen LogP contribution in [0.5, 0.6) is 0 Å². The lowest BCUT2D eigenvalue weighted by Gasteiger charge is -2.02. The molecule has 4 aromatic rings. The van der Waals surface area contributed by atoms with Gasteiger partial charge in [0.15, 0.2) is 11.5 Å². The van der Waals surface area contributed by atoms with Crippen LogP contribution < -0.4 is 11.5 Å². The highest BCUT2D eigenvalue weighted by Gasteiger charge is 2.20. The fourth-order valence-corrected chi connectivity index (χ4v) is 2.66. The van der Waals surface area contributed by atoms with E-state index in [1.165, 1.54) is 24.5 Å². The van der Waals surface area contributed by atoms with Crippen molar-refractivity contribution >= 4 is 23.6 Å². The summed E-state index contributed by atoms with van der Waals surface area (Å²) >= 11 is 0. The van der Waals surface area contributed by atoms with E-state index in [1.807, 2.05) is 0 Å². The van der Waals surface area contributed by atoms with Crippen LogP contribution in [0, 0.1) is 0 Å². The lowest BCUT2D eigenvalue weighted by Crippen LogP contribution is -2.20. The molecule has 0 aliphatic heterocycles. The minimum atomic E-state index is -1.20. The Kier molecular flexibility index (Phi) is 5.74. The molecule has 0 spiro atoms. The van der Waals surface area contributed by atoms with E-state index >= 15 is 0 Å². The maximum Gasteiger partial charge on any atom is 0.417 e. The standard InChI is InChI=1S/C20H16N6O6/c21-17-13(3-1-5-23-17)15-7-11(25-31-15)9-29-19(27)20(28)30-10-12-8-16(32-26-12)14-4-2-6-24-18(14)22/h1-8H,9-10H2,(H2,21,23)(H2,22,24). The van der Waals surface area contributed by atoms with E-state index in [0.717, 1.165) is 0 Å². The molecular formula is C20H16N6O6. The second kappa shape index (κ2) is 8.95. The summed E-state index contributed by atoms with van der Waals surface area (Å²) in [7, 11) is 0. The number of anilines is 2. The van der Waals surface area contributed by atoms with Crippen molar-refractivity contribution in [2.24, 2.45) is 0 Å². The third-order valence-corrected chi connectivity index (χ3v) is 4.19. The normalized spacial score (nSPS) is 10.6. The van der Waals surface area contributed by atoms with Gasteiger partial charge in [0, 0.05) is 24.5 Å². The average Bonchev–Trinajstić information content (AvgIpc) is 3.46. The Balaban J connectivity index is 1.29. The van der Waals surface area contributed by atoms with Crippen LogP contribution in [0.4, 0.5) is 11.6 Å². The van der Waals surface area contributed by atoms with Gasteiger partial charge in [-0.15, -0.1) is 0 Å². The van der Waals surface area contributed by atoms with Crippen molar-refractivity contribution in [2.75, 3.05) is 11.5 Å². The van der Waals surface area contributed by atoms with E-state index in [1.54, 1.807) is 24.3 Å². The summed E-state index contributed by atoms with van der Waals surface area (Å²) in [6.07, 6.45) is 3.08. The molecule has 0 saturated carbocycles. The smallest absolute Gasteiger partial charge is 0.417 e. The molecule has 4 heterocycles. The van der Waals surface area contributed by atoms with Crippen LogP contribution in [0.15, 0.2) is 57.8 Å². The predicted molar refractivity (Wildman–Crippen MR) is 108 cm³/mol. The Morgan fingerprint density at radius 2 is 1.22 bits per heavy atom. The van der Waals surface area contributed by atoms with Gasteiger partial charge in [-0.25, -0.2) is 19.6 Å². The summed E-state index contributed by atoms with van der Waals surface area (Å²) in [5, 5.41) is 7.54. The Morgan fingerprint density at radius 3 is 1.62 bits per heavy atom. The van der Waals surface area contributed by atoms with Gasteiger partial charge in [0.05, 0.1) is 11.1 Å². The Labute approximate surface area is 180 Å². The number of nitrogens with two attached hydrogens (primary N) is 2. The quantitative estimate of drug-likeness (QED) is 0.330. The molecule has 4 N–H and O–H groups in total. The lowest BCUT2D eigenvalue weighted by molar-refractivity contribution is -0.169. The van der Waals surface area contributed by atoms with Gasteiger partial charge in [-0.1, -0.05) is 10.3 Å². The van der Waals surface area contributed by atoms with E-state index in [9.17, 15) is 9.59 Å². The number of nitrogens with zero attached hydrogens (tertiary/aromatic N) is 4. The van der Waals surface area contributed by atoms with E-state index in [2.05, 4.69) is 20.3 Å². The van der Waals surface area contributed by atoms with Gasteiger partial charge < -0.3 is 30.0 Å². The first-order valence-corrected chi connectivity index (χ1v) is 9.18. The number of carbonyl (C=O) groups is 2. The van der Waals surface area contributed by atoms with Crippen LogP contribution >= 0.6 is 0 Å². The number of ether oxygens (including phenoxy) is 2. The molecule has 0 atom stereocenters. The fourth-order valence-electron chi connectivity index (χ4n) is 2.66. The van der Waals surface area contributed by atoms with E-state index in [-0.39, 0.29) is 36.2 Å². The summed E-state index contributed by atoms with van der Waals surface area (Å²) in [6, 6.07) is 9.82. The molecule has 0 fully saturated rings. The van der Waals surface area contributed by atoms with Crippen LogP contribution in [-0.2, 0) is 32.3 Å². The zero-order chi connectivity index (χ0) is 22.5. The molecule has 4 rings (SSSR count). The number of hydrogen-bond donors (Lipinski definition) is 2. The molecule has 0 amide bonds. The highest BCUT2D eigenvalue weighted by molar-refractivity contribution is 6.29. The summed E-state index contributed by atoms with van der Waals surface area (Å²) < 4.78 is 20.1. The second-order valence-electron chi connectivity index (χ2n) is 6.39. The third kappa shape index (κ3) is 4.53. The lowest BCUT2D eigenvalue weighted by atomic mass is 10.2. The zero-order valence-corrected chi connectivity index (χ0v) is 16.4. The maximum absolute atomic E-state index is 11.9. The molecule has 0 radical (unpaired) electrons. The molecule has 12 nitrogen and oxygen atoms in total. The van der Waals surface area contributed by atoms with Crippen molar-refractivity contribution < 1.29 is 28.1 Å². The molecule has 0 saturated heterocycles. The first-order chi connectivity index (χ1) is 15.5. The van der Waals surface area contributed by atoms with Crippen LogP contribution in [0.25, 0.3) is 22.6 Å². The van der Waals surface area contributed by atoms with Crippen LogP contribution in [0.2, 0.25) is 0 Å². The van der Waals surface area contributed by atoms with Gasteiger partial charge in [-0.3, -0.25) is 0 Å². The highest BCUT2D eigenvalue weighted by Crippen LogP contribution is 2.25. The largest absolute Gasteiger partial charge is 0.451 e. The molecule has 162 valence electrons. The number of esters is 2. The number of nitrogen functional groups attached to an aromatic ring is 2. The number of pyridine rings is 2. The van der Waals surface area contributed by atoms with Gasteiger partial charge in [0.2, 0.25) is 0 Å². The molecule has 0 aromatic carbocycles. The first kappa shape index (κ1) is 20.5. The monoisotopic (exact) mass is 436 g/mol. The Bertz CT molecular complexity index is 1170. The number of aromatic nitrogens is 4. The molecule has 0 aliphatic carbocycles. The topological polar surface area (TPSA) is 182 Å². The molecule has 32 heavy (non-hydrogen) atoms. The number of carbonyl (C=O) groups excluding carboxylic acids is 2. The third-order valence-electron chi connectivity index (χ3n) is 4.19. The van der Waals surface area contributed by atoms with Gasteiger partial charge in [0.1, 0.15) is 36.2 Å². The average molecular weight is 436 g/mol. The van der Waals surface area contributed by atoms with Gasteiger partial charge in [0.25, 0.3) is 0 Å². The fraction of sp³-hybridized carbons (Fsp3) is 0.100. The first-order valence-electron chi connectivity index (χ1n) is 9.18. The van der Waals surface area contributed by atoms with Crippen LogP contribution in [-0.4, -0.2) is 32.2 Å². The number of rotatable bonds is 6. The van der Waals surface area contributed by atoms with Gasteiger partial charge >= 0.3 is 11.9 Å². The molecule has 0 unspecified atom stereocenters. The summed E-state index contributed by atoms with van der Waals surface area (Å²) in [5.74, 6) is -1.18. The van der Waals surface area contributed by atoms with Crippen LogP contribution in [0.1, 0.15) is 11.4 Å². The van der Waals surface area contributed by atoms with Crippen LogP contribution in [0.3, 0.4) is 0 Å². The summed E-state index contributed by atoms with van der Waals surface area (Å²) in [5.41, 5.74) is 13.2. The van der Waals surface area contributed by atoms with Crippen molar-refractivity contribution in [3.8, 4) is 22.6 Å². The zero-order valence-electron chi connectivity index (χ0n) is 16.4. The van der Waals surface area contributed by atoms with Gasteiger partial charge in [-0.2, -0.15) is 0 Å². The minimum absolute atomic E-state index is 0.262. The highest BCUT2D eigenvalue weighted by atomic mass is 16.6. The maximum atomic E-state index is 11.9. The van der Waals surface area contributed by atoms with Crippen molar-refractivity contribution in [2.45, 2.75) is 13.2 Å². The second-order valence-corrected chi connectivity index (χ2v) is 6.39. The number of hydrogen-bond acceptors (Lipinski definition) is 12. The van der Waals surface area contributed by atoms with Crippen molar-refractivity contribution in [1.29, 1.82) is 0 Å². The Hall–Kier alpha value is -4.74.